The lowest BCUT2D eigenvalue weighted by atomic mass is 10.2. The van der Waals surface area contributed by atoms with Crippen molar-refractivity contribution >= 4 is 17.4 Å². The maximum Gasteiger partial charge on any atom is 0.260 e. The maximum atomic E-state index is 12.0. The molecule has 2 heterocycles. The lowest BCUT2D eigenvalue weighted by molar-refractivity contribution is 0.102. The van der Waals surface area contributed by atoms with E-state index < -0.39 is 0 Å². The molecule has 0 saturated carbocycles. The number of nitrogen functional groups attached to an aromatic ring is 1. The van der Waals surface area contributed by atoms with Gasteiger partial charge in [-0.1, -0.05) is 0 Å². The Hall–Kier alpha value is -2.31. The molecule has 90 valence electrons. The summed E-state index contributed by atoms with van der Waals surface area (Å²) in [5.74, 6) is 0.240. The van der Waals surface area contributed by atoms with E-state index in [0.717, 1.165) is 0 Å². The first kappa shape index (κ1) is 11.2. The normalized spacial score (nSPS) is 10.5. The number of nitrogens with two attached hydrogens (primary N) is 1. The van der Waals surface area contributed by atoms with Crippen LogP contribution in [-0.4, -0.2) is 25.5 Å². The third-order valence-electron chi connectivity index (χ3n) is 2.46. The van der Waals surface area contributed by atoms with Crippen LogP contribution in [0.4, 0.5) is 11.5 Å². The standard InChI is InChI=1S/C10H14N6O/c1-6-7(5-15(2)14-6)10(17)13-9-8(11)4-12-16(9)3/h4-5H,11H2,1-3H3,(H,13,17). The van der Waals surface area contributed by atoms with Crippen molar-refractivity contribution in [2.45, 2.75) is 6.92 Å². The number of anilines is 2. The van der Waals surface area contributed by atoms with E-state index in [0.29, 0.717) is 22.8 Å². The van der Waals surface area contributed by atoms with Crippen LogP contribution in [0.2, 0.25) is 0 Å². The summed E-state index contributed by atoms with van der Waals surface area (Å²) >= 11 is 0. The van der Waals surface area contributed by atoms with Crippen LogP contribution in [0.25, 0.3) is 0 Å². The number of rotatable bonds is 2. The fourth-order valence-corrected chi connectivity index (χ4v) is 1.60. The number of amides is 1. The van der Waals surface area contributed by atoms with Crippen molar-refractivity contribution < 1.29 is 4.79 Å². The molecular weight excluding hydrogens is 220 g/mol. The lowest BCUT2D eigenvalue weighted by Gasteiger charge is -2.05. The topological polar surface area (TPSA) is 90.8 Å². The molecular formula is C10H14N6O. The summed E-state index contributed by atoms with van der Waals surface area (Å²) < 4.78 is 3.11. The molecule has 2 aromatic rings. The van der Waals surface area contributed by atoms with Gasteiger partial charge in [0, 0.05) is 20.3 Å². The first-order valence-electron chi connectivity index (χ1n) is 5.08. The first-order chi connectivity index (χ1) is 7.99. The van der Waals surface area contributed by atoms with Gasteiger partial charge in [0.2, 0.25) is 0 Å². The minimum atomic E-state index is -0.245. The average molecular weight is 234 g/mol. The summed E-state index contributed by atoms with van der Waals surface area (Å²) in [6, 6.07) is 0. The zero-order valence-electron chi connectivity index (χ0n) is 9.93. The van der Waals surface area contributed by atoms with E-state index in [4.69, 9.17) is 5.73 Å². The maximum absolute atomic E-state index is 12.0. The van der Waals surface area contributed by atoms with E-state index in [2.05, 4.69) is 15.5 Å². The van der Waals surface area contributed by atoms with Crippen molar-refractivity contribution in [2.24, 2.45) is 14.1 Å². The molecule has 0 saturated heterocycles. The van der Waals surface area contributed by atoms with Crippen molar-refractivity contribution in [3.8, 4) is 0 Å². The fraction of sp³-hybridized carbons (Fsp3) is 0.300. The number of carbonyl (C=O) groups excluding carboxylic acids is 1. The van der Waals surface area contributed by atoms with Crippen LogP contribution in [0.5, 0.6) is 0 Å². The Kier molecular flexibility index (Phi) is 2.58. The van der Waals surface area contributed by atoms with Gasteiger partial charge in [0.1, 0.15) is 0 Å². The summed E-state index contributed by atoms with van der Waals surface area (Å²) in [5, 5.41) is 10.8. The number of carbonyl (C=O) groups is 1. The van der Waals surface area contributed by atoms with Gasteiger partial charge in [-0.2, -0.15) is 10.2 Å². The molecule has 0 aliphatic rings. The second kappa shape index (κ2) is 3.93. The molecule has 7 nitrogen and oxygen atoms in total. The Morgan fingerprint density at radius 2 is 2.18 bits per heavy atom. The van der Waals surface area contributed by atoms with Crippen molar-refractivity contribution in [1.82, 2.24) is 19.6 Å². The summed E-state index contributed by atoms with van der Waals surface area (Å²) in [6.45, 7) is 1.78. The molecule has 0 unspecified atom stereocenters. The van der Waals surface area contributed by atoms with Gasteiger partial charge >= 0.3 is 0 Å². The van der Waals surface area contributed by atoms with Crippen molar-refractivity contribution in [3.05, 3.63) is 23.7 Å². The quantitative estimate of drug-likeness (QED) is 0.781. The largest absolute Gasteiger partial charge is 0.394 e. The predicted molar refractivity (Wildman–Crippen MR) is 63.5 cm³/mol. The van der Waals surface area contributed by atoms with Crippen LogP contribution < -0.4 is 11.1 Å². The van der Waals surface area contributed by atoms with Crippen LogP contribution in [0.3, 0.4) is 0 Å². The monoisotopic (exact) mass is 234 g/mol. The molecule has 0 radical (unpaired) electrons. The zero-order valence-corrected chi connectivity index (χ0v) is 9.93. The van der Waals surface area contributed by atoms with E-state index >= 15 is 0 Å². The fourth-order valence-electron chi connectivity index (χ4n) is 1.60. The number of hydrogen-bond donors (Lipinski definition) is 2. The minimum absolute atomic E-state index is 0.245. The molecule has 0 atom stereocenters. The Bertz CT molecular complexity index is 548. The highest BCUT2D eigenvalue weighted by Crippen LogP contribution is 2.17. The van der Waals surface area contributed by atoms with Crippen LogP contribution >= 0.6 is 0 Å². The van der Waals surface area contributed by atoms with Gasteiger partial charge in [0.25, 0.3) is 5.91 Å². The lowest BCUT2D eigenvalue weighted by Crippen LogP contribution is -2.16. The molecule has 0 aliphatic heterocycles. The van der Waals surface area contributed by atoms with Crippen LogP contribution in [0, 0.1) is 6.92 Å². The van der Waals surface area contributed by atoms with Gasteiger partial charge in [0.05, 0.1) is 23.1 Å². The first-order valence-corrected chi connectivity index (χ1v) is 5.08. The SMILES string of the molecule is Cc1nn(C)cc1C(=O)Nc1c(N)cnn1C. The summed E-state index contributed by atoms with van der Waals surface area (Å²) in [6.07, 6.45) is 3.16. The number of hydrogen-bond acceptors (Lipinski definition) is 4. The molecule has 17 heavy (non-hydrogen) atoms. The molecule has 0 aromatic carbocycles. The van der Waals surface area contributed by atoms with E-state index in [1.165, 1.54) is 10.9 Å². The summed E-state index contributed by atoms with van der Waals surface area (Å²) in [7, 11) is 3.48. The highest BCUT2D eigenvalue weighted by atomic mass is 16.1. The number of aryl methyl sites for hydroxylation is 3. The van der Waals surface area contributed by atoms with Crippen LogP contribution in [0.15, 0.2) is 12.4 Å². The third-order valence-corrected chi connectivity index (χ3v) is 2.46. The number of nitrogens with zero attached hydrogens (tertiary/aromatic N) is 4. The highest BCUT2D eigenvalue weighted by molar-refractivity contribution is 6.05. The summed E-state index contributed by atoms with van der Waals surface area (Å²) in [5.41, 5.74) is 7.32. The molecule has 1 amide bonds. The Labute approximate surface area is 98.2 Å². The van der Waals surface area contributed by atoms with Gasteiger partial charge in [-0.25, -0.2) is 0 Å². The molecule has 3 N–H and O–H groups in total. The Morgan fingerprint density at radius 3 is 2.65 bits per heavy atom. The van der Waals surface area contributed by atoms with Gasteiger partial charge in [0.15, 0.2) is 5.82 Å². The van der Waals surface area contributed by atoms with E-state index in [1.54, 1.807) is 31.9 Å². The molecule has 7 heteroatoms. The van der Waals surface area contributed by atoms with Crippen LogP contribution in [0.1, 0.15) is 16.1 Å². The molecule has 2 rings (SSSR count). The van der Waals surface area contributed by atoms with Gasteiger partial charge in [-0.3, -0.25) is 14.2 Å². The second-order valence-electron chi connectivity index (χ2n) is 3.83. The Morgan fingerprint density at radius 1 is 1.47 bits per heavy atom. The van der Waals surface area contributed by atoms with Crippen LogP contribution in [-0.2, 0) is 14.1 Å². The van der Waals surface area contributed by atoms with Crippen molar-refractivity contribution in [1.29, 1.82) is 0 Å². The van der Waals surface area contributed by atoms with Gasteiger partial charge in [-0.15, -0.1) is 0 Å². The second-order valence-corrected chi connectivity index (χ2v) is 3.83. The van der Waals surface area contributed by atoms with E-state index in [-0.39, 0.29) is 5.91 Å². The zero-order chi connectivity index (χ0) is 12.6. The number of nitrogens with one attached hydrogen (secondary N) is 1. The van der Waals surface area contributed by atoms with Gasteiger partial charge < -0.3 is 11.1 Å². The Balaban J connectivity index is 2.26. The van der Waals surface area contributed by atoms with E-state index in [9.17, 15) is 4.79 Å². The number of aromatic nitrogens is 4. The molecule has 0 bridgehead atoms. The predicted octanol–water partition coefficient (Wildman–Crippen LogP) is 0.297. The molecule has 0 spiro atoms. The van der Waals surface area contributed by atoms with E-state index in [1.807, 2.05) is 0 Å². The third kappa shape index (κ3) is 1.99. The smallest absolute Gasteiger partial charge is 0.260 e. The molecule has 0 aliphatic carbocycles. The molecule has 0 fully saturated rings. The van der Waals surface area contributed by atoms with Crippen molar-refractivity contribution in [3.63, 3.8) is 0 Å². The summed E-state index contributed by atoms with van der Waals surface area (Å²) in [4.78, 5) is 12.0. The average Bonchev–Trinajstić information content (AvgIpc) is 2.74. The van der Waals surface area contributed by atoms with Gasteiger partial charge in [-0.05, 0) is 6.92 Å². The molecule has 2 aromatic heterocycles. The minimum Gasteiger partial charge on any atom is -0.394 e. The van der Waals surface area contributed by atoms with Crippen molar-refractivity contribution in [2.75, 3.05) is 11.1 Å². The highest BCUT2D eigenvalue weighted by Gasteiger charge is 2.15.